The molecule has 2 aliphatic heterocycles. The number of likely N-dealkylation sites (tertiary alicyclic amines) is 1. The van der Waals surface area contributed by atoms with Crippen LogP contribution in [0.2, 0.25) is 0 Å². The molecule has 5 rings (SSSR count). The third-order valence-electron chi connectivity index (χ3n) is 7.80. The minimum atomic E-state index is -0.193. The first-order chi connectivity index (χ1) is 17.9. The van der Waals surface area contributed by atoms with Crippen molar-refractivity contribution in [2.24, 2.45) is 5.92 Å². The van der Waals surface area contributed by atoms with Gasteiger partial charge in [-0.05, 0) is 79.5 Å². The summed E-state index contributed by atoms with van der Waals surface area (Å²) in [4.78, 5) is 18.1. The Morgan fingerprint density at radius 2 is 1.49 bits per heavy atom. The van der Waals surface area contributed by atoms with Gasteiger partial charge in [0.1, 0.15) is 5.82 Å². The fourth-order valence-corrected chi connectivity index (χ4v) is 6.00. The summed E-state index contributed by atoms with van der Waals surface area (Å²) in [5, 5.41) is 3.59. The topological polar surface area (TPSA) is 35.6 Å². The summed E-state index contributed by atoms with van der Waals surface area (Å²) in [6.45, 7) is 9.08. The van der Waals surface area contributed by atoms with Crippen LogP contribution in [-0.2, 0) is 13.0 Å². The Kier molecular flexibility index (Phi) is 8.02. The van der Waals surface area contributed by atoms with Crippen molar-refractivity contribution in [2.75, 3.05) is 26.2 Å². The minimum absolute atomic E-state index is 0.115. The number of halogens is 1. The van der Waals surface area contributed by atoms with E-state index in [1.165, 1.54) is 23.3 Å². The van der Waals surface area contributed by atoms with Crippen LogP contribution in [0.3, 0.4) is 0 Å². The van der Waals surface area contributed by atoms with Crippen molar-refractivity contribution in [3.8, 4) is 11.1 Å². The lowest BCUT2D eigenvalue weighted by Crippen LogP contribution is -2.53. The number of hydrogen-bond acceptors (Lipinski definition) is 3. The van der Waals surface area contributed by atoms with Crippen molar-refractivity contribution in [1.82, 2.24) is 15.1 Å². The van der Waals surface area contributed by atoms with Crippen LogP contribution >= 0.6 is 0 Å². The lowest BCUT2D eigenvalue weighted by atomic mass is 9.89. The molecule has 0 aliphatic carbocycles. The van der Waals surface area contributed by atoms with Gasteiger partial charge in [-0.1, -0.05) is 54.6 Å². The Labute approximate surface area is 220 Å². The summed E-state index contributed by atoms with van der Waals surface area (Å²) in [6.07, 6.45) is 2.89. The Morgan fingerprint density at radius 1 is 0.865 bits per heavy atom. The van der Waals surface area contributed by atoms with E-state index in [-0.39, 0.29) is 11.7 Å². The first-order valence-corrected chi connectivity index (χ1v) is 13.6. The van der Waals surface area contributed by atoms with E-state index >= 15 is 0 Å². The van der Waals surface area contributed by atoms with Crippen LogP contribution in [0, 0.1) is 11.7 Å². The fraction of sp³-hybridized carbons (Fsp3) is 0.406. The second-order valence-electron chi connectivity index (χ2n) is 11.0. The number of benzene rings is 3. The van der Waals surface area contributed by atoms with Gasteiger partial charge in [0.2, 0.25) is 0 Å². The molecule has 2 heterocycles. The molecule has 5 heteroatoms. The maximum Gasteiger partial charge on any atom is 0.254 e. The molecule has 194 valence electrons. The van der Waals surface area contributed by atoms with E-state index in [1.807, 2.05) is 35.2 Å². The van der Waals surface area contributed by atoms with Gasteiger partial charge < -0.3 is 10.2 Å². The lowest BCUT2D eigenvalue weighted by molar-refractivity contribution is 0.0691. The van der Waals surface area contributed by atoms with Crippen LogP contribution in [-0.4, -0.2) is 54.0 Å². The average Bonchev–Trinajstić information content (AvgIpc) is 2.90. The molecule has 0 radical (unpaired) electrons. The van der Waals surface area contributed by atoms with E-state index in [0.29, 0.717) is 18.0 Å². The van der Waals surface area contributed by atoms with E-state index in [4.69, 9.17) is 0 Å². The fourth-order valence-electron chi connectivity index (χ4n) is 6.00. The predicted molar refractivity (Wildman–Crippen MR) is 148 cm³/mol. The molecule has 1 amide bonds. The quantitative estimate of drug-likeness (QED) is 0.468. The highest BCUT2D eigenvalue weighted by atomic mass is 19.1. The van der Waals surface area contributed by atoms with Crippen LogP contribution < -0.4 is 5.32 Å². The number of nitrogens with zero attached hydrogens (tertiary/aromatic N) is 2. The normalized spacial score (nSPS) is 21.2. The summed E-state index contributed by atoms with van der Waals surface area (Å²) >= 11 is 0. The average molecular weight is 500 g/mol. The van der Waals surface area contributed by atoms with E-state index in [2.05, 4.69) is 54.4 Å². The summed E-state index contributed by atoms with van der Waals surface area (Å²) in [5.74, 6) is 0.448. The molecular weight excluding hydrogens is 461 g/mol. The Hall–Kier alpha value is -3.02. The maximum absolute atomic E-state index is 13.6. The monoisotopic (exact) mass is 499 g/mol. The summed E-state index contributed by atoms with van der Waals surface area (Å²) in [7, 11) is 0. The van der Waals surface area contributed by atoms with Gasteiger partial charge in [0.15, 0.2) is 0 Å². The van der Waals surface area contributed by atoms with Crippen molar-refractivity contribution in [2.45, 2.75) is 51.7 Å². The van der Waals surface area contributed by atoms with Gasteiger partial charge in [0.05, 0.1) is 0 Å². The zero-order valence-corrected chi connectivity index (χ0v) is 22.0. The van der Waals surface area contributed by atoms with E-state index < -0.39 is 0 Å². The van der Waals surface area contributed by atoms with E-state index in [1.54, 1.807) is 0 Å². The Bertz CT molecular complexity index is 1180. The lowest BCUT2D eigenvalue weighted by Gasteiger charge is -2.36. The highest BCUT2D eigenvalue weighted by Gasteiger charge is 2.26. The Morgan fingerprint density at radius 3 is 2.16 bits per heavy atom. The molecule has 3 aromatic rings. The molecule has 2 atom stereocenters. The summed E-state index contributed by atoms with van der Waals surface area (Å²) in [5.41, 5.74) is 5.33. The zero-order chi connectivity index (χ0) is 25.8. The molecule has 0 saturated carbocycles. The number of rotatable bonds is 6. The highest BCUT2D eigenvalue weighted by Crippen LogP contribution is 2.28. The number of amides is 1. The molecule has 37 heavy (non-hydrogen) atoms. The SMILES string of the molecule is C[C@@H]1CN(Cc2ccc(-c3ccccc3C(=O)N3CCC(Cc4ccc(F)cc4)CC3)cc2)C[C@H](C)N1. The first-order valence-electron chi connectivity index (χ1n) is 13.6. The number of carbonyl (C=O) groups excluding carboxylic acids is 1. The van der Waals surface area contributed by atoms with Crippen molar-refractivity contribution in [3.05, 3.63) is 95.3 Å². The first kappa shape index (κ1) is 25.6. The van der Waals surface area contributed by atoms with Gasteiger partial charge in [0.25, 0.3) is 5.91 Å². The van der Waals surface area contributed by atoms with E-state index in [9.17, 15) is 9.18 Å². The highest BCUT2D eigenvalue weighted by molar-refractivity contribution is 6.01. The second kappa shape index (κ2) is 11.6. The third-order valence-corrected chi connectivity index (χ3v) is 7.80. The standard InChI is InChI=1S/C32H38FN3O/c1-23-20-35(21-24(2)34-23)22-27-7-11-28(12-8-27)30-5-3-4-6-31(30)32(37)36-17-15-26(16-18-36)19-25-9-13-29(33)14-10-25/h3-14,23-24,26,34H,15-22H2,1-2H3/t23-,24+. The number of nitrogens with one attached hydrogen (secondary N) is 1. The molecule has 4 nitrogen and oxygen atoms in total. The Balaban J connectivity index is 1.22. The molecule has 0 spiro atoms. The van der Waals surface area contributed by atoms with Gasteiger partial charge in [-0.25, -0.2) is 4.39 Å². The number of piperazine rings is 1. The van der Waals surface area contributed by atoms with Crippen molar-refractivity contribution < 1.29 is 9.18 Å². The molecular formula is C32H38FN3O. The molecule has 2 fully saturated rings. The molecule has 3 aromatic carbocycles. The van der Waals surface area contributed by atoms with Gasteiger partial charge >= 0.3 is 0 Å². The van der Waals surface area contributed by atoms with Crippen molar-refractivity contribution in [3.63, 3.8) is 0 Å². The van der Waals surface area contributed by atoms with Gasteiger partial charge in [-0.15, -0.1) is 0 Å². The van der Waals surface area contributed by atoms with Crippen LogP contribution in [0.5, 0.6) is 0 Å². The smallest absolute Gasteiger partial charge is 0.254 e. The largest absolute Gasteiger partial charge is 0.339 e. The van der Waals surface area contributed by atoms with Gasteiger partial charge in [-0.2, -0.15) is 0 Å². The third kappa shape index (κ3) is 6.46. The molecule has 0 unspecified atom stereocenters. The predicted octanol–water partition coefficient (Wildman–Crippen LogP) is 5.77. The van der Waals surface area contributed by atoms with Crippen molar-refractivity contribution in [1.29, 1.82) is 0 Å². The van der Waals surface area contributed by atoms with Crippen LogP contribution in [0.15, 0.2) is 72.8 Å². The molecule has 2 saturated heterocycles. The van der Waals surface area contributed by atoms with Crippen LogP contribution in [0.1, 0.15) is 48.2 Å². The molecule has 2 aliphatic rings. The number of piperidine rings is 1. The van der Waals surface area contributed by atoms with Gasteiger partial charge in [0, 0.05) is 50.4 Å². The number of carbonyl (C=O) groups is 1. The number of hydrogen-bond donors (Lipinski definition) is 1. The summed E-state index contributed by atoms with van der Waals surface area (Å²) < 4.78 is 13.2. The van der Waals surface area contributed by atoms with Crippen LogP contribution in [0.25, 0.3) is 11.1 Å². The zero-order valence-electron chi connectivity index (χ0n) is 22.0. The van der Waals surface area contributed by atoms with Crippen molar-refractivity contribution >= 4 is 5.91 Å². The summed E-state index contributed by atoms with van der Waals surface area (Å²) in [6, 6.07) is 24.5. The van der Waals surface area contributed by atoms with Gasteiger partial charge in [-0.3, -0.25) is 9.69 Å². The second-order valence-corrected chi connectivity index (χ2v) is 11.0. The van der Waals surface area contributed by atoms with E-state index in [0.717, 1.165) is 68.7 Å². The molecule has 0 aromatic heterocycles. The minimum Gasteiger partial charge on any atom is -0.339 e. The molecule has 0 bridgehead atoms. The maximum atomic E-state index is 13.6. The molecule has 1 N–H and O–H groups in total. The van der Waals surface area contributed by atoms with Crippen LogP contribution in [0.4, 0.5) is 4.39 Å².